The Balaban J connectivity index is 1.75. The summed E-state index contributed by atoms with van der Waals surface area (Å²) < 4.78 is 0. The normalized spacial score (nSPS) is 17.4. The zero-order valence-electron chi connectivity index (χ0n) is 14.3. The lowest BCUT2D eigenvalue weighted by atomic mass is 9.85. The van der Waals surface area contributed by atoms with Gasteiger partial charge >= 0.3 is 0 Å². The molecule has 0 bridgehead atoms. The van der Waals surface area contributed by atoms with E-state index in [2.05, 4.69) is 88.4 Å². The molecule has 5 heteroatoms. The Morgan fingerprint density at radius 2 is 1.31 bits per heavy atom. The predicted molar refractivity (Wildman–Crippen MR) is 109 cm³/mol. The van der Waals surface area contributed by atoms with Crippen molar-refractivity contribution < 1.29 is 0 Å². The van der Waals surface area contributed by atoms with Gasteiger partial charge in [0, 0.05) is 29.5 Å². The number of anilines is 3. The second-order valence-corrected chi connectivity index (χ2v) is 6.91. The standard InChI is InChI=1S/C21H18N4S/c1-24-21(23-20(26)25(24)15-9-3-2-4-10-15)16-11-5-7-13-18(16)22-19-14-8-6-12-17(19)21/h2-14,22H,1H3,(H,23,26). The molecule has 2 N–H and O–H groups in total. The summed E-state index contributed by atoms with van der Waals surface area (Å²) in [7, 11) is 2.08. The van der Waals surface area contributed by atoms with Crippen molar-refractivity contribution in [1.82, 2.24) is 10.3 Å². The van der Waals surface area contributed by atoms with Crippen molar-refractivity contribution in [1.29, 1.82) is 0 Å². The van der Waals surface area contributed by atoms with E-state index in [4.69, 9.17) is 12.2 Å². The van der Waals surface area contributed by atoms with Crippen LogP contribution in [0.2, 0.25) is 0 Å². The van der Waals surface area contributed by atoms with Gasteiger partial charge in [-0.3, -0.25) is 0 Å². The number of thiocarbonyl (C=S) groups is 1. The Labute approximate surface area is 158 Å². The molecule has 5 rings (SSSR count). The molecule has 0 amide bonds. The minimum atomic E-state index is -0.550. The topological polar surface area (TPSA) is 30.5 Å². The third kappa shape index (κ3) is 1.95. The van der Waals surface area contributed by atoms with Crippen LogP contribution in [-0.2, 0) is 5.66 Å². The van der Waals surface area contributed by atoms with E-state index < -0.39 is 5.66 Å². The molecular formula is C21H18N4S. The molecule has 0 aliphatic carbocycles. The molecule has 0 aromatic heterocycles. The molecule has 1 saturated heterocycles. The molecule has 2 heterocycles. The van der Waals surface area contributed by atoms with E-state index in [1.165, 1.54) is 0 Å². The van der Waals surface area contributed by atoms with Crippen LogP contribution in [0.4, 0.5) is 17.1 Å². The van der Waals surface area contributed by atoms with E-state index in [1.807, 2.05) is 18.2 Å². The maximum atomic E-state index is 5.76. The monoisotopic (exact) mass is 358 g/mol. The molecule has 0 unspecified atom stereocenters. The van der Waals surface area contributed by atoms with E-state index in [9.17, 15) is 0 Å². The van der Waals surface area contributed by atoms with Gasteiger partial charge in [-0.15, -0.1) is 0 Å². The van der Waals surface area contributed by atoms with Crippen molar-refractivity contribution in [2.24, 2.45) is 0 Å². The van der Waals surface area contributed by atoms with Crippen molar-refractivity contribution in [2.75, 3.05) is 17.4 Å². The molecule has 0 atom stereocenters. The quantitative estimate of drug-likeness (QED) is 0.637. The smallest absolute Gasteiger partial charge is 0.190 e. The summed E-state index contributed by atoms with van der Waals surface area (Å²) in [6.45, 7) is 0. The van der Waals surface area contributed by atoms with E-state index in [0.29, 0.717) is 5.11 Å². The summed E-state index contributed by atoms with van der Waals surface area (Å²) >= 11 is 5.76. The summed E-state index contributed by atoms with van der Waals surface area (Å²) in [6.07, 6.45) is 0. The van der Waals surface area contributed by atoms with E-state index in [1.54, 1.807) is 0 Å². The van der Waals surface area contributed by atoms with Crippen molar-refractivity contribution in [3.05, 3.63) is 90.0 Å². The molecule has 1 spiro atoms. The summed E-state index contributed by atoms with van der Waals surface area (Å²) in [5.41, 5.74) is 4.97. The lowest BCUT2D eigenvalue weighted by Gasteiger charge is -2.43. The second kappa shape index (κ2) is 5.56. The summed E-state index contributed by atoms with van der Waals surface area (Å²) in [4.78, 5) is 0. The average molecular weight is 358 g/mol. The number of benzene rings is 3. The number of hydrogen-bond acceptors (Lipinski definition) is 3. The van der Waals surface area contributed by atoms with Crippen LogP contribution < -0.4 is 15.6 Å². The Morgan fingerprint density at radius 3 is 1.92 bits per heavy atom. The maximum Gasteiger partial charge on any atom is 0.190 e. The molecule has 0 radical (unpaired) electrons. The van der Waals surface area contributed by atoms with Crippen molar-refractivity contribution in [2.45, 2.75) is 5.66 Å². The van der Waals surface area contributed by atoms with Gasteiger partial charge < -0.3 is 10.6 Å². The highest BCUT2D eigenvalue weighted by Crippen LogP contribution is 2.48. The lowest BCUT2D eigenvalue weighted by molar-refractivity contribution is 0.185. The summed E-state index contributed by atoms with van der Waals surface area (Å²) in [5.74, 6) is 0. The highest BCUT2D eigenvalue weighted by atomic mass is 32.1. The molecule has 128 valence electrons. The molecule has 0 saturated carbocycles. The van der Waals surface area contributed by atoms with Gasteiger partial charge in [0.1, 0.15) is 0 Å². The minimum absolute atomic E-state index is 0.550. The lowest BCUT2D eigenvalue weighted by Crippen LogP contribution is -2.52. The van der Waals surface area contributed by atoms with Gasteiger partial charge in [-0.1, -0.05) is 54.6 Å². The molecule has 3 aromatic carbocycles. The predicted octanol–water partition coefficient (Wildman–Crippen LogP) is 4.19. The molecule has 4 nitrogen and oxygen atoms in total. The molecular weight excluding hydrogens is 340 g/mol. The number of para-hydroxylation sites is 3. The maximum absolute atomic E-state index is 5.76. The number of nitrogens with one attached hydrogen (secondary N) is 2. The highest BCUT2D eigenvalue weighted by Gasteiger charge is 2.52. The first-order valence-electron chi connectivity index (χ1n) is 8.59. The van der Waals surface area contributed by atoms with Crippen LogP contribution in [0, 0.1) is 0 Å². The van der Waals surface area contributed by atoms with Gasteiger partial charge in [0.25, 0.3) is 0 Å². The third-order valence-corrected chi connectivity index (χ3v) is 5.44. The second-order valence-electron chi connectivity index (χ2n) is 6.53. The van der Waals surface area contributed by atoms with Crippen LogP contribution >= 0.6 is 12.2 Å². The zero-order chi connectivity index (χ0) is 17.7. The number of hydrogen-bond donors (Lipinski definition) is 2. The van der Waals surface area contributed by atoms with Crippen molar-refractivity contribution in [3.63, 3.8) is 0 Å². The minimum Gasteiger partial charge on any atom is -0.355 e. The van der Waals surface area contributed by atoms with Crippen LogP contribution in [0.3, 0.4) is 0 Å². The Hall–Kier alpha value is -2.89. The largest absolute Gasteiger partial charge is 0.355 e. The average Bonchev–Trinajstić information content (AvgIpc) is 2.94. The van der Waals surface area contributed by atoms with Crippen molar-refractivity contribution in [3.8, 4) is 0 Å². The van der Waals surface area contributed by atoms with Gasteiger partial charge in [-0.25, -0.2) is 5.01 Å². The number of hydrazine groups is 1. The van der Waals surface area contributed by atoms with Crippen LogP contribution in [0.15, 0.2) is 78.9 Å². The fraction of sp³-hybridized carbons (Fsp3) is 0.0952. The number of rotatable bonds is 1. The van der Waals surface area contributed by atoms with Gasteiger partial charge in [0.05, 0.1) is 5.69 Å². The molecule has 2 aliphatic heterocycles. The van der Waals surface area contributed by atoms with Gasteiger partial charge in [0.15, 0.2) is 10.8 Å². The Kier molecular flexibility index (Phi) is 3.29. The first kappa shape index (κ1) is 15.4. The van der Waals surface area contributed by atoms with Crippen LogP contribution in [0.1, 0.15) is 11.1 Å². The van der Waals surface area contributed by atoms with Gasteiger partial charge in [-0.05, 0) is 36.5 Å². The SMILES string of the molecule is CN1N(c2ccccc2)C(=S)NC12c1ccccc1Nc1ccccc12. The fourth-order valence-electron chi connectivity index (χ4n) is 4.02. The summed E-state index contributed by atoms with van der Waals surface area (Å²) in [6, 6.07) is 27.0. The molecule has 26 heavy (non-hydrogen) atoms. The van der Waals surface area contributed by atoms with E-state index in [-0.39, 0.29) is 0 Å². The summed E-state index contributed by atoms with van der Waals surface area (Å²) in [5, 5.41) is 12.1. The first-order valence-corrected chi connectivity index (χ1v) is 9.00. The Morgan fingerprint density at radius 1 is 0.769 bits per heavy atom. The molecule has 1 fully saturated rings. The van der Waals surface area contributed by atoms with Crippen LogP contribution in [0.25, 0.3) is 0 Å². The number of nitrogens with zero attached hydrogens (tertiary/aromatic N) is 2. The van der Waals surface area contributed by atoms with Crippen LogP contribution in [-0.4, -0.2) is 17.2 Å². The fourth-order valence-corrected chi connectivity index (χ4v) is 4.40. The van der Waals surface area contributed by atoms with E-state index in [0.717, 1.165) is 28.2 Å². The molecule has 2 aliphatic rings. The van der Waals surface area contributed by atoms with Crippen molar-refractivity contribution >= 4 is 34.4 Å². The van der Waals surface area contributed by atoms with Crippen LogP contribution in [0.5, 0.6) is 0 Å². The third-order valence-electron chi connectivity index (χ3n) is 5.17. The van der Waals surface area contributed by atoms with Gasteiger partial charge in [-0.2, -0.15) is 5.01 Å². The first-order chi connectivity index (χ1) is 12.7. The zero-order valence-corrected chi connectivity index (χ0v) is 15.1. The van der Waals surface area contributed by atoms with Gasteiger partial charge in [0.2, 0.25) is 0 Å². The number of fused-ring (bicyclic) bond motifs is 4. The Bertz CT molecular complexity index is 956. The van der Waals surface area contributed by atoms with E-state index >= 15 is 0 Å². The molecule has 3 aromatic rings. The highest BCUT2D eigenvalue weighted by molar-refractivity contribution is 7.80.